The van der Waals surface area contributed by atoms with Crippen LogP contribution in [0.4, 0.5) is 0 Å². The molecule has 0 radical (unpaired) electrons. The molecule has 2 aromatic heterocycles. The van der Waals surface area contributed by atoms with Crippen molar-refractivity contribution >= 4 is 38.0 Å². The fourth-order valence-corrected chi connectivity index (χ4v) is 6.79. The first kappa shape index (κ1) is 22.8. The van der Waals surface area contributed by atoms with Crippen molar-refractivity contribution in [3.8, 4) is 0 Å². The van der Waals surface area contributed by atoms with E-state index in [9.17, 15) is 4.79 Å². The maximum atomic E-state index is 12.6. The number of aryl methyl sites for hydroxylation is 1. The van der Waals surface area contributed by atoms with Gasteiger partial charge in [-0.25, -0.2) is 4.79 Å². The number of esters is 1. The number of hydrogen-bond donors (Lipinski definition) is 0. The van der Waals surface area contributed by atoms with Crippen LogP contribution in [0.15, 0.2) is 12.1 Å². The molecule has 0 aliphatic heterocycles. The largest absolute Gasteiger partial charge is 0.458 e. The monoisotopic (exact) mass is 434 g/mol. The number of fused-ring (bicyclic) bond motifs is 1. The van der Waals surface area contributed by atoms with Gasteiger partial charge in [-0.2, -0.15) is 0 Å². The van der Waals surface area contributed by atoms with Crippen LogP contribution in [0, 0.1) is 5.92 Å². The highest BCUT2D eigenvalue weighted by atomic mass is 32.1. The topological polar surface area (TPSA) is 26.3 Å². The van der Waals surface area contributed by atoms with E-state index in [1.165, 1.54) is 91.3 Å². The highest BCUT2D eigenvalue weighted by Crippen LogP contribution is 2.35. The van der Waals surface area contributed by atoms with Crippen molar-refractivity contribution in [1.29, 1.82) is 0 Å². The maximum absolute atomic E-state index is 12.6. The summed E-state index contributed by atoms with van der Waals surface area (Å²) >= 11 is 3.46. The van der Waals surface area contributed by atoms with Gasteiger partial charge in [0.1, 0.15) is 11.0 Å². The summed E-state index contributed by atoms with van der Waals surface area (Å²) in [4.78, 5) is 14.9. The van der Waals surface area contributed by atoms with Gasteiger partial charge in [0.05, 0.1) is 0 Å². The Kier molecular flexibility index (Phi) is 9.51. The highest BCUT2D eigenvalue weighted by molar-refractivity contribution is 7.28. The summed E-state index contributed by atoms with van der Waals surface area (Å²) in [5.41, 5.74) is 0. The summed E-state index contributed by atoms with van der Waals surface area (Å²) in [7, 11) is 0. The second-order valence-corrected chi connectivity index (χ2v) is 11.0. The molecule has 29 heavy (non-hydrogen) atoms. The van der Waals surface area contributed by atoms with Gasteiger partial charge in [0.25, 0.3) is 0 Å². The second kappa shape index (κ2) is 12.1. The van der Waals surface area contributed by atoms with Crippen molar-refractivity contribution in [2.45, 2.75) is 110 Å². The van der Waals surface area contributed by atoms with E-state index >= 15 is 0 Å². The van der Waals surface area contributed by atoms with Crippen LogP contribution >= 0.6 is 22.7 Å². The van der Waals surface area contributed by atoms with Crippen LogP contribution in [0.1, 0.15) is 112 Å². The zero-order valence-electron chi connectivity index (χ0n) is 18.3. The van der Waals surface area contributed by atoms with Gasteiger partial charge in [-0.15, -0.1) is 22.7 Å². The summed E-state index contributed by atoms with van der Waals surface area (Å²) < 4.78 is 8.37. The molecule has 0 spiro atoms. The Morgan fingerprint density at radius 2 is 1.59 bits per heavy atom. The van der Waals surface area contributed by atoms with Crippen molar-refractivity contribution < 1.29 is 9.53 Å². The van der Waals surface area contributed by atoms with Crippen LogP contribution in [-0.4, -0.2) is 12.1 Å². The van der Waals surface area contributed by atoms with E-state index < -0.39 is 0 Å². The average molecular weight is 435 g/mol. The van der Waals surface area contributed by atoms with Gasteiger partial charge in [0.2, 0.25) is 0 Å². The zero-order chi connectivity index (χ0) is 20.5. The van der Waals surface area contributed by atoms with Gasteiger partial charge in [-0.1, -0.05) is 65.2 Å². The molecule has 0 bridgehead atoms. The highest BCUT2D eigenvalue weighted by Gasteiger charge is 2.25. The lowest BCUT2D eigenvalue weighted by Gasteiger charge is -2.28. The standard InChI is InChI=1S/C25H38O2S2/c1-3-5-7-8-10-11-19-13-15-20(16-14-19)27-25(26)24-18-23-22(29-24)17-21(28-23)12-9-6-4-2/h17-20H,3-16H2,1-2H3. The molecule has 2 heterocycles. The predicted octanol–water partition coefficient (Wildman–Crippen LogP) is 8.77. The Bertz CT molecular complexity index is 706. The van der Waals surface area contributed by atoms with Crippen molar-refractivity contribution in [2.24, 2.45) is 5.92 Å². The quantitative estimate of drug-likeness (QED) is 0.246. The van der Waals surface area contributed by atoms with Gasteiger partial charge in [0.15, 0.2) is 0 Å². The number of hydrogen-bond acceptors (Lipinski definition) is 4. The van der Waals surface area contributed by atoms with E-state index in [1.54, 1.807) is 11.3 Å². The average Bonchev–Trinajstić information content (AvgIpc) is 3.28. The molecule has 2 nitrogen and oxygen atoms in total. The number of unbranched alkanes of at least 4 members (excludes halogenated alkanes) is 6. The van der Waals surface area contributed by atoms with Crippen LogP contribution < -0.4 is 0 Å². The predicted molar refractivity (Wildman–Crippen MR) is 127 cm³/mol. The first-order valence-corrected chi connectivity index (χ1v) is 13.6. The summed E-state index contributed by atoms with van der Waals surface area (Å²) in [5, 5.41) is 0. The number of rotatable bonds is 12. The minimum atomic E-state index is -0.103. The third-order valence-corrected chi connectivity index (χ3v) is 8.60. The smallest absolute Gasteiger partial charge is 0.348 e. The number of carbonyl (C=O) groups excluding carboxylic acids is 1. The normalized spacial score (nSPS) is 19.7. The van der Waals surface area contributed by atoms with Crippen LogP contribution in [-0.2, 0) is 11.2 Å². The molecule has 1 aliphatic rings. The summed E-state index contributed by atoms with van der Waals surface area (Å²) in [5.74, 6) is 0.749. The van der Waals surface area contributed by atoms with Gasteiger partial charge >= 0.3 is 5.97 Å². The Hall–Kier alpha value is -0.870. The lowest BCUT2D eigenvalue weighted by molar-refractivity contribution is 0.0166. The fourth-order valence-electron chi connectivity index (χ4n) is 4.44. The zero-order valence-corrected chi connectivity index (χ0v) is 20.0. The Balaban J connectivity index is 1.39. The minimum Gasteiger partial charge on any atom is -0.458 e. The van der Waals surface area contributed by atoms with E-state index in [-0.39, 0.29) is 12.1 Å². The van der Waals surface area contributed by atoms with Gasteiger partial charge in [-0.3, -0.25) is 0 Å². The molecule has 0 unspecified atom stereocenters. The van der Waals surface area contributed by atoms with E-state index in [1.807, 2.05) is 11.3 Å². The molecule has 0 amide bonds. The first-order valence-electron chi connectivity index (χ1n) is 11.9. The van der Waals surface area contributed by atoms with Gasteiger partial charge in [0, 0.05) is 14.3 Å². The molecule has 0 aromatic carbocycles. The van der Waals surface area contributed by atoms with Gasteiger partial charge < -0.3 is 4.74 Å². The number of carbonyl (C=O) groups is 1. The first-order chi connectivity index (χ1) is 14.2. The molecule has 1 saturated carbocycles. The van der Waals surface area contributed by atoms with Crippen molar-refractivity contribution in [2.75, 3.05) is 0 Å². The minimum absolute atomic E-state index is 0.103. The SMILES string of the molecule is CCCCCCCC1CCC(OC(=O)c2cc3sc(CCCCC)cc3s2)CC1. The maximum Gasteiger partial charge on any atom is 0.348 e. The molecule has 1 fully saturated rings. The summed E-state index contributed by atoms with van der Waals surface area (Å²) in [6.07, 6.45) is 17.9. The fraction of sp³-hybridized carbons (Fsp3) is 0.720. The Morgan fingerprint density at radius 1 is 0.897 bits per heavy atom. The summed E-state index contributed by atoms with van der Waals surface area (Å²) in [6, 6.07) is 4.33. The molecular weight excluding hydrogens is 396 g/mol. The van der Waals surface area contributed by atoms with Crippen LogP contribution in [0.5, 0.6) is 0 Å². The molecule has 2 aromatic rings. The molecule has 162 valence electrons. The van der Waals surface area contributed by atoms with Crippen molar-refractivity contribution in [3.63, 3.8) is 0 Å². The lowest BCUT2D eigenvalue weighted by Crippen LogP contribution is -2.24. The van der Waals surface area contributed by atoms with Crippen molar-refractivity contribution in [3.05, 3.63) is 21.9 Å². The number of ether oxygens (including phenoxy) is 1. The van der Waals surface area contributed by atoms with Crippen LogP contribution in [0.25, 0.3) is 9.40 Å². The molecule has 4 heteroatoms. The molecule has 0 atom stereocenters. The molecule has 1 aliphatic carbocycles. The molecular formula is C25H38O2S2. The lowest BCUT2D eigenvalue weighted by atomic mass is 9.84. The van der Waals surface area contributed by atoms with Crippen molar-refractivity contribution in [1.82, 2.24) is 0 Å². The molecule has 0 saturated heterocycles. The van der Waals surface area contributed by atoms with E-state index in [0.29, 0.717) is 0 Å². The van der Waals surface area contributed by atoms with E-state index in [0.717, 1.165) is 23.6 Å². The second-order valence-electron chi connectivity index (χ2n) is 8.76. The summed E-state index contributed by atoms with van der Waals surface area (Å²) in [6.45, 7) is 4.51. The third-order valence-electron chi connectivity index (χ3n) is 6.27. The third kappa shape index (κ3) is 7.10. The van der Waals surface area contributed by atoms with E-state index in [2.05, 4.69) is 26.0 Å². The molecule has 3 rings (SSSR count). The van der Waals surface area contributed by atoms with E-state index in [4.69, 9.17) is 4.74 Å². The van der Waals surface area contributed by atoms with Gasteiger partial charge in [-0.05, 0) is 56.6 Å². The number of thiophene rings is 2. The Labute approximate surface area is 185 Å². The Morgan fingerprint density at radius 3 is 2.31 bits per heavy atom. The van der Waals surface area contributed by atoms with Crippen LogP contribution in [0.2, 0.25) is 0 Å². The molecule has 0 N–H and O–H groups in total. The van der Waals surface area contributed by atoms with Crippen LogP contribution in [0.3, 0.4) is 0 Å².